The number of rotatable bonds is 9. The summed E-state index contributed by atoms with van der Waals surface area (Å²) in [6.07, 6.45) is 0.657. The molecule has 1 N–H and O–H groups in total. The first kappa shape index (κ1) is 25.1. The van der Waals surface area contributed by atoms with E-state index >= 15 is 0 Å². The van der Waals surface area contributed by atoms with Gasteiger partial charge < -0.3 is 14.8 Å². The van der Waals surface area contributed by atoms with Gasteiger partial charge in [0, 0.05) is 10.6 Å². The summed E-state index contributed by atoms with van der Waals surface area (Å²) in [5, 5.41) is 3.11. The van der Waals surface area contributed by atoms with Gasteiger partial charge in [0.15, 0.2) is 0 Å². The molecular formula is C28H26N2O5S. The van der Waals surface area contributed by atoms with Gasteiger partial charge in [-0.1, -0.05) is 48.5 Å². The number of methoxy groups -OCH3 is 1. The predicted octanol–water partition coefficient (Wildman–Crippen LogP) is 5.56. The molecule has 0 radical (unpaired) electrons. The second-order valence-corrected chi connectivity index (χ2v) is 9.16. The molecule has 4 rings (SSSR count). The van der Waals surface area contributed by atoms with Gasteiger partial charge in [-0.05, 0) is 61.9 Å². The molecule has 0 bridgehead atoms. The highest BCUT2D eigenvalue weighted by Gasteiger charge is 2.41. The van der Waals surface area contributed by atoms with E-state index in [1.807, 2.05) is 38.1 Å². The minimum absolute atomic E-state index is 0.132. The Labute approximate surface area is 214 Å². The number of thioether (sulfide) groups is 1. The van der Waals surface area contributed by atoms with E-state index < -0.39 is 17.8 Å². The van der Waals surface area contributed by atoms with Gasteiger partial charge in [0.1, 0.15) is 16.4 Å². The molecule has 8 heteroatoms. The van der Waals surface area contributed by atoms with Gasteiger partial charge in [0.2, 0.25) is 0 Å². The summed E-state index contributed by atoms with van der Waals surface area (Å²) < 4.78 is 10.5. The van der Waals surface area contributed by atoms with Crippen LogP contribution in [0, 0.1) is 6.92 Å². The van der Waals surface area contributed by atoms with Crippen LogP contribution < -0.4 is 15.0 Å². The first-order valence-corrected chi connectivity index (χ1v) is 12.3. The van der Waals surface area contributed by atoms with Crippen molar-refractivity contribution in [2.24, 2.45) is 0 Å². The van der Waals surface area contributed by atoms with Crippen molar-refractivity contribution in [2.45, 2.75) is 25.2 Å². The number of anilines is 2. The van der Waals surface area contributed by atoms with Gasteiger partial charge in [0.25, 0.3) is 11.8 Å². The van der Waals surface area contributed by atoms with Crippen LogP contribution >= 0.6 is 11.8 Å². The summed E-state index contributed by atoms with van der Waals surface area (Å²) in [6.45, 7) is 4.11. The SMILES string of the molecule is CCCOC(=O)c1ccccc1N1C(=O)C(Nc2ccc(OC)cc2)=C(Sc2ccc(C)cc2)C1=O. The molecule has 0 atom stereocenters. The Bertz CT molecular complexity index is 1320. The average Bonchev–Trinajstić information content (AvgIpc) is 3.12. The van der Waals surface area contributed by atoms with Crippen molar-refractivity contribution in [2.75, 3.05) is 23.9 Å². The van der Waals surface area contributed by atoms with E-state index in [2.05, 4.69) is 5.32 Å². The van der Waals surface area contributed by atoms with Gasteiger partial charge in [-0.2, -0.15) is 0 Å². The minimum Gasteiger partial charge on any atom is -0.497 e. The molecule has 0 saturated carbocycles. The molecule has 0 spiro atoms. The molecule has 1 aliphatic heterocycles. The fourth-order valence-electron chi connectivity index (χ4n) is 3.59. The molecule has 0 aromatic heterocycles. The third-order valence-electron chi connectivity index (χ3n) is 5.44. The first-order chi connectivity index (χ1) is 17.4. The first-order valence-electron chi connectivity index (χ1n) is 11.5. The maximum Gasteiger partial charge on any atom is 0.340 e. The molecule has 0 aliphatic carbocycles. The van der Waals surface area contributed by atoms with Gasteiger partial charge in [-0.15, -0.1) is 0 Å². The van der Waals surface area contributed by atoms with E-state index in [0.717, 1.165) is 15.4 Å². The molecule has 0 saturated heterocycles. The van der Waals surface area contributed by atoms with Crippen molar-refractivity contribution in [1.82, 2.24) is 0 Å². The number of benzene rings is 3. The molecular weight excluding hydrogens is 476 g/mol. The van der Waals surface area contributed by atoms with E-state index in [-0.39, 0.29) is 28.5 Å². The van der Waals surface area contributed by atoms with Crippen LogP contribution in [0.4, 0.5) is 11.4 Å². The number of nitrogens with one attached hydrogen (secondary N) is 1. The van der Waals surface area contributed by atoms with Gasteiger partial charge in [-0.3, -0.25) is 9.59 Å². The Hall–Kier alpha value is -4.04. The Balaban J connectivity index is 1.73. The highest BCUT2D eigenvalue weighted by atomic mass is 32.2. The van der Waals surface area contributed by atoms with Gasteiger partial charge >= 0.3 is 5.97 Å². The maximum atomic E-state index is 13.7. The summed E-state index contributed by atoms with van der Waals surface area (Å²) in [6, 6.07) is 21.2. The molecule has 7 nitrogen and oxygen atoms in total. The van der Waals surface area contributed by atoms with Crippen molar-refractivity contribution in [3.05, 3.63) is 94.5 Å². The smallest absolute Gasteiger partial charge is 0.340 e. The number of hydrogen-bond acceptors (Lipinski definition) is 7. The van der Waals surface area contributed by atoms with Crippen LogP contribution in [0.3, 0.4) is 0 Å². The highest BCUT2D eigenvalue weighted by Crippen LogP contribution is 2.39. The number of para-hydroxylation sites is 1. The molecule has 3 aromatic carbocycles. The minimum atomic E-state index is -0.586. The summed E-state index contributed by atoms with van der Waals surface area (Å²) in [5.41, 5.74) is 2.17. The molecule has 2 amide bonds. The number of esters is 1. The second kappa shape index (κ2) is 11.1. The molecule has 1 aliphatic rings. The van der Waals surface area contributed by atoms with Crippen LogP contribution in [-0.2, 0) is 14.3 Å². The molecule has 0 fully saturated rings. The van der Waals surface area contributed by atoms with Gasteiger partial charge in [-0.25, -0.2) is 9.69 Å². The number of amides is 2. The lowest BCUT2D eigenvalue weighted by molar-refractivity contribution is -0.120. The lowest BCUT2D eigenvalue weighted by atomic mass is 10.1. The number of imide groups is 1. The number of carbonyl (C=O) groups is 3. The third kappa shape index (κ3) is 5.28. The van der Waals surface area contributed by atoms with E-state index in [1.54, 1.807) is 55.6 Å². The Morgan fingerprint density at radius 2 is 1.64 bits per heavy atom. The van der Waals surface area contributed by atoms with Crippen LogP contribution in [0.1, 0.15) is 29.3 Å². The lowest BCUT2D eigenvalue weighted by Gasteiger charge is -2.18. The predicted molar refractivity (Wildman–Crippen MR) is 140 cm³/mol. The number of aryl methyl sites for hydroxylation is 1. The second-order valence-electron chi connectivity index (χ2n) is 8.07. The maximum absolute atomic E-state index is 13.7. The summed E-state index contributed by atoms with van der Waals surface area (Å²) >= 11 is 1.20. The van der Waals surface area contributed by atoms with E-state index in [4.69, 9.17) is 9.47 Å². The normalized spacial score (nSPS) is 13.2. The van der Waals surface area contributed by atoms with Crippen molar-refractivity contribution in [3.8, 4) is 5.75 Å². The number of carbonyl (C=O) groups excluding carboxylic acids is 3. The molecule has 184 valence electrons. The quantitative estimate of drug-likeness (QED) is 0.303. The zero-order chi connectivity index (χ0) is 25.7. The Morgan fingerprint density at radius 1 is 0.944 bits per heavy atom. The van der Waals surface area contributed by atoms with Crippen molar-refractivity contribution in [1.29, 1.82) is 0 Å². The summed E-state index contributed by atoms with van der Waals surface area (Å²) in [7, 11) is 1.57. The zero-order valence-corrected chi connectivity index (χ0v) is 21.1. The molecule has 1 heterocycles. The Morgan fingerprint density at radius 3 is 2.31 bits per heavy atom. The van der Waals surface area contributed by atoms with Crippen LogP contribution in [0.5, 0.6) is 5.75 Å². The standard InChI is InChI=1S/C28H26N2O5S/c1-4-17-35-28(33)22-7-5-6-8-23(22)30-26(31)24(29-19-11-13-20(34-3)14-12-19)25(27(30)32)36-21-15-9-18(2)10-16-21/h5-16,29H,4,17H2,1-3H3. The fourth-order valence-corrected chi connectivity index (χ4v) is 4.52. The van der Waals surface area contributed by atoms with Crippen molar-refractivity contribution < 1.29 is 23.9 Å². The highest BCUT2D eigenvalue weighted by molar-refractivity contribution is 8.04. The number of hydrogen-bond donors (Lipinski definition) is 1. The molecule has 36 heavy (non-hydrogen) atoms. The monoisotopic (exact) mass is 502 g/mol. The largest absolute Gasteiger partial charge is 0.497 e. The summed E-state index contributed by atoms with van der Waals surface area (Å²) in [4.78, 5) is 42.2. The van der Waals surface area contributed by atoms with E-state index in [1.165, 1.54) is 11.8 Å². The van der Waals surface area contributed by atoms with Crippen LogP contribution in [-0.4, -0.2) is 31.5 Å². The van der Waals surface area contributed by atoms with E-state index in [0.29, 0.717) is 17.9 Å². The number of nitrogens with zero attached hydrogens (tertiary/aromatic N) is 1. The topological polar surface area (TPSA) is 84.9 Å². The molecule has 0 unspecified atom stereocenters. The lowest BCUT2D eigenvalue weighted by Crippen LogP contribution is -2.33. The average molecular weight is 503 g/mol. The number of ether oxygens (including phenoxy) is 2. The van der Waals surface area contributed by atoms with Crippen molar-refractivity contribution >= 4 is 40.9 Å². The van der Waals surface area contributed by atoms with E-state index in [9.17, 15) is 14.4 Å². The Kier molecular flexibility index (Phi) is 7.75. The van der Waals surface area contributed by atoms with Crippen LogP contribution in [0.2, 0.25) is 0 Å². The fraction of sp³-hybridized carbons (Fsp3) is 0.179. The zero-order valence-electron chi connectivity index (χ0n) is 20.2. The van der Waals surface area contributed by atoms with Gasteiger partial charge in [0.05, 0.1) is 25.0 Å². The van der Waals surface area contributed by atoms with Crippen LogP contribution in [0.15, 0.2) is 88.3 Å². The summed E-state index contributed by atoms with van der Waals surface area (Å²) in [5.74, 6) is -0.991. The third-order valence-corrected chi connectivity index (χ3v) is 6.53. The van der Waals surface area contributed by atoms with Crippen molar-refractivity contribution in [3.63, 3.8) is 0 Å². The van der Waals surface area contributed by atoms with Crippen LogP contribution in [0.25, 0.3) is 0 Å². The molecule has 3 aromatic rings.